The lowest BCUT2D eigenvalue weighted by Crippen LogP contribution is -2.56. The highest BCUT2D eigenvalue weighted by Gasteiger charge is 2.43. The van der Waals surface area contributed by atoms with Gasteiger partial charge in [0.15, 0.2) is 0 Å². The fraction of sp³-hybridized carbons (Fsp3) is 0.680. The Morgan fingerprint density at radius 3 is 2.35 bits per heavy atom. The largest absolute Gasteiger partial charge is 0.444 e. The molecule has 1 amide bonds. The topological polar surface area (TPSA) is 68.9 Å². The van der Waals surface area contributed by atoms with Crippen LogP contribution in [0, 0.1) is 0 Å². The lowest BCUT2D eigenvalue weighted by Gasteiger charge is -2.42. The van der Waals surface area contributed by atoms with Crippen LogP contribution in [0.1, 0.15) is 33.6 Å². The molecule has 1 aromatic carbocycles. The molecule has 0 spiro atoms. The molecule has 0 aliphatic carbocycles. The zero-order chi connectivity index (χ0) is 24.8. The van der Waals surface area contributed by atoms with E-state index in [1.165, 1.54) is 0 Å². The summed E-state index contributed by atoms with van der Waals surface area (Å²) in [6, 6.07) is 7.62. The molecule has 2 aliphatic heterocycles. The lowest BCUT2D eigenvalue weighted by molar-refractivity contribution is 0.0210. The Balaban J connectivity index is 1.58. The summed E-state index contributed by atoms with van der Waals surface area (Å²) < 4.78 is 15.0. The van der Waals surface area contributed by atoms with Gasteiger partial charge in [-0.1, -0.05) is 25.7 Å². The molecule has 0 saturated carbocycles. The molecule has 0 radical (unpaired) electrons. The molecule has 0 unspecified atom stereocenters. The van der Waals surface area contributed by atoms with Gasteiger partial charge in [-0.25, -0.2) is 9.59 Å². The van der Waals surface area contributed by atoms with Crippen molar-refractivity contribution in [3.05, 3.63) is 28.7 Å². The number of aromatic nitrogens is 2. The monoisotopic (exact) mass is 488 g/mol. The number of imidazole rings is 1. The Hall–Kier alpha value is -2.26. The van der Waals surface area contributed by atoms with E-state index in [0.29, 0.717) is 19.7 Å². The molecule has 9 heteroatoms. The minimum absolute atomic E-state index is 0.0600. The Labute approximate surface area is 203 Å². The molecule has 34 heavy (non-hydrogen) atoms. The van der Waals surface area contributed by atoms with E-state index in [-0.39, 0.29) is 30.6 Å². The van der Waals surface area contributed by atoms with Crippen LogP contribution < -0.4 is 10.6 Å². The highest BCUT2D eigenvalue weighted by atomic mass is 28.3. The number of benzene rings is 1. The average Bonchev–Trinajstić information content (AvgIpc) is 3.12. The third kappa shape index (κ3) is 5.05. The predicted molar refractivity (Wildman–Crippen MR) is 138 cm³/mol. The van der Waals surface area contributed by atoms with Crippen molar-refractivity contribution < 1.29 is 14.3 Å². The van der Waals surface area contributed by atoms with Crippen LogP contribution in [0.25, 0.3) is 11.0 Å². The number of hydrogen-bond donors (Lipinski definition) is 0. The number of ether oxygens (including phenoxy) is 2. The van der Waals surface area contributed by atoms with Crippen LogP contribution in [0.5, 0.6) is 0 Å². The number of carbonyl (C=O) groups excluding carboxylic acids is 1. The molecule has 2 aromatic rings. The predicted octanol–water partition coefficient (Wildman–Crippen LogP) is 4.24. The molecule has 188 valence electrons. The van der Waals surface area contributed by atoms with E-state index >= 15 is 0 Å². The van der Waals surface area contributed by atoms with Gasteiger partial charge in [-0.2, -0.15) is 0 Å². The summed E-state index contributed by atoms with van der Waals surface area (Å²) in [6.45, 7) is 14.9. The Morgan fingerprint density at radius 2 is 1.76 bits per heavy atom. The van der Waals surface area contributed by atoms with E-state index in [1.807, 2.05) is 44.9 Å². The van der Waals surface area contributed by atoms with E-state index in [0.717, 1.165) is 35.6 Å². The molecule has 8 nitrogen and oxygen atoms in total. The molecule has 3 heterocycles. The van der Waals surface area contributed by atoms with E-state index in [9.17, 15) is 9.59 Å². The number of amides is 1. The van der Waals surface area contributed by atoms with Gasteiger partial charge in [-0.3, -0.25) is 9.13 Å². The molecule has 2 saturated heterocycles. The number of hydrogen-bond acceptors (Lipinski definition) is 5. The van der Waals surface area contributed by atoms with Gasteiger partial charge in [-0.15, -0.1) is 0 Å². The van der Waals surface area contributed by atoms with Crippen LogP contribution in [0.15, 0.2) is 23.0 Å². The number of rotatable bonds is 6. The Kier molecular flexibility index (Phi) is 6.63. The third-order valence-electron chi connectivity index (χ3n) is 6.77. The summed E-state index contributed by atoms with van der Waals surface area (Å²) in [5.41, 5.74) is 2.33. The van der Waals surface area contributed by atoms with Gasteiger partial charge in [0.25, 0.3) is 0 Å². The van der Waals surface area contributed by atoms with Crippen molar-refractivity contribution in [2.75, 3.05) is 24.6 Å². The van der Waals surface area contributed by atoms with Crippen LogP contribution in [0.2, 0.25) is 25.7 Å². The van der Waals surface area contributed by atoms with Gasteiger partial charge in [0, 0.05) is 46.9 Å². The standard InChI is InChI=1S/C25H40N4O4Si/c1-25(2,3)33-24(31)27-15-18-11-12-19(16-27)29(18)21-10-8-9-20-22(21)26(4)23(30)28(20)17-32-13-14-34(5,6)7/h8-10,18-19H,11-17H2,1-7H3/t18-,19+. The van der Waals surface area contributed by atoms with E-state index in [4.69, 9.17) is 9.47 Å². The number of piperazine rings is 1. The molecule has 2 fully saturated rings. The Bertz CT molecular complexity index is 1100. The number of fused-ring (bicyclic) bond motifs is 3. The molecule has 2 bridgehead atoms. The van der Waals surface area contributed by atoms with Gasteiger partial charge in [0.05, 0.1) is 16.7 Å². The van der Waals surface area contributed by atoms with Crippen molar-refractivity contribution in [2.45, 2.75) is 83.7 Å². The summed E-state index contributed by atoms with van der Waals surface area (Å²) in [7, 11) is 0.653. The van der Waals surface area contributed by atoms with E-state index in [1.54, 1.807) is 9.13 Å². The second kappa shape index (κ2) is 9.07. The molecular formula is C25H40N4O4Si. The van der Waals surface area contributed by atoms with Gasteiger partial charge >= 0.3 is 11.8 Å². The van der Waals surface area contributed by atoms with Crippen LogP contribution in [0.3, 0.4) is 0 Å². The van der Waals surface area contributed by atoms with Gasteiger partial charge in [0.2, 0.25) is 0 Å². The van der Waals surface area contributed by atoms with Gasteiger partial charge in [-0.05, 0) is 51.8 Å². The first kappa shape index (κ1) is 24.8. The number of aryl methyl sites for hydroxylation is 1. The molecule has 1 aromatic heterocycles. The first-order valence-corrected chi connectivity index (χ1v) is 16.1. The first-order chi connectivity index (χ1) is 15.9. The summed E-state index contributed by atoms with van der Waals surface area (Å²) in [4.78, 5) is 30.1. The highest BCUT2D eigenvalue weighted by Crippen LogP contribution is 2.38. The van der Waals surface area contributed by atoms with Crippen LogP contribution >= 0.6 is 0 Å². The van der Waals surface area contributed by atoms with Gasteiger partial charge < -0.3 is 19.3 Å². The average molecular weight is 489 g/mol. The molecule has 2 atom stereocenters. The number of para-hydroxylation sites is 1. The lowest BCUT2D eigenvalue weighted by atomic mass is 10.1. The normalized spacial score (nSPS) is 20.9. The molecule has 4 rings (SSSR count). The quantitative estimate of drug-likeness (QED) is 0.449. The molecule has 2 aliphatic rings. The summed E-state index contributed by atoms with van der Waals surface area (Å²) in [6.07, 6.45) is 1.81. The van der Waals surface area contributed by atoms with Crippen molar-refractivity contribution in [1.29, 1.82) is 0 Å². The van der Waals surface area contributed by atoms with Crippen LogP contribution in [-0.4, -0.2) is 65.6 Å². The van der Waals surface area contributed by atoms with E-state index in [2.05, 4.69) is 30.6 Å². The number of likely N-dealkylation sites (tertiary alicyclic amines) is 1. The van der Waals surface area contributed by atoms with Crippen molar-refractivity contribution >= 4 is 30.9 Å². The van der Waals surface area contributed by atoms with Crippen molar-refractivity contribution in [1.82, 2.24) is 14.0 Å². The zero-order valence-corrected chi connectivity index (χ0v) is 22.8. The van der Waals surface area contributed by atoms with Gasteiger partial charge in [0.1, 0.15) is 12.3 Å². The Morgan fingerprint density at radius 1 is 1.12 bits per heavy atom. The first-order valence-electron chi connectivity index (χ1n) is 12.4. The maximum atomic E-state index is 13.1. The molecular weight excluding hydrogens is 448 g/mol. The smallest absolute Gasteiger partial charge is 0.410 e. The number of carbonyl (C=O) groups is 1. The van der Waals surface area contributed by atoms with Crippen molar-refractivity contribution in [2.24, 2.45) is 7.05 Å². The minimum Gasteiger partial charge on any atom is -0.444 e. The second-order valence-corrected chi connectivity index (χ2v) is 17.6. The molecule has 0 N–H and O–H groups in total. The number of nitrogens with zero attached hydrogens (tertiary/aromatic N) is 4. The van der Waals surface area contributed by atoms with Crippen molar-refractivity contribution in [3.8, 4) is 0 Å². The maximum Gasteiger partial charge on any atom is 0.410 e. The fourth-order valence-corrected chi connectivity index (χ4v) is 5.86. The highest BCUT2D eigenvalue weighted by molar-refractivity contribution is 6.76. The summed E-state index contributed by atoms with van der Waals surface area (Å²) in [5.74, 6) is 0. The fourth-order valence-electron chi connectivity index (χ4n) is 5.10. The van der Waals surface area contributed by atoms with E-state index < -0.39 is 13.7 Å². The van der Waals surface area contributed by atoms with Crippen molar-refractivity contribution in [3.63, 3.8) is 0 Å². The SMILES string of the molecule is Cn1c(=O)n(COCC[Si](C)(C)C)c2cccc(N3[C@@H]4CC[C@H]3CN(C(=O)OC(C)(C)C)C4)c21. The zero-order valence-electron chi connectivity index (χ0n) is 21.8. The third-order valence-corrected chi connectivity index (χ3v) is 8.47. The minimum atomic E-state index is -1.19. The van der Waals surface area contributed by atoms with Crippen LogP contribution in [-0.2, 0) is 23.3 Å². The summed E-state index contributed by atoms with van der Waals surface area (Å²) in [5, 5.41) is 0. The summed E-state index contributed by atoms with van der Waals surface area (Å²) >= 11 is 0. The maximum absolute atomic E-state index is 13.1. The van der Waals surface area contributed by atoms with Crippen LogP contribution in [0.4, 0.5) is 10.5 Å². The number of anilines is 1. The second-order valence-electron chi connectivity index (χ2n) is 11.9.